The Bertz CT molecular complexity index is 215. The van der Waals surface area contributed by atoms with E-state index in [2.05, 4.69) is 29.8 Å². The molecular weight excluding hydrogens is 316 g/mol. The summed E-state index contributed by atoms with van der Waals surface area (Å²) in [6.45, 7) is 5.30. The second-order valence-electron chi connectivity index (χ2n) is 6.22. The van der Waals surface area contributed by atoms with Crippen molar-refractivity contribution in [1.29, 1.82) is 0 Å². The summed E-state index contributed by atoms with van der Waals surface area (Å²) in [5, 5.41) is 0. The highest BCUT2D eigenvalue weighted by molar-refractivity contribution is 9.09. The summed E-state index contributed by atoms with van der Waals surface area (Å²) in [5.41, 5.74) is 0. The van der Waals surface area contributed by atoms with E-state index in [0.717, 1.165) is 13.0 Å². The molecule has 2 nitrogen and oxygen atoms in total. The minimum absolute atomic E-state index is 0.0741. The molecule has 0 aromatic rings. The summed E-state index contributed by atoms with van der Waals surface area (Å²) >= 11 is 3.60. The van der Waals surface area contributed by atoms with Crippen molar-refractivity contribution in [2.24, 2.45) is 0 Å². The Hall–Kier alpha value is 0.400. The van der Waals surface area contributed by atoms with Crippen LogP contribution in [0.1, 0.15) is 84.5 Å². The molecule has 1 heterocycles. The van der Waals surface area contributed by atoms with Crippen LogP contribution in [0.4, 0.5) is 0 Å². The molecule has 1 rings (SSSR count). The van der Waals surface area contributed by atoms with Crippen molar-refractivity contribution in [3.63, 3.8) is 0 Å². The number of halogens is 1. The van der Waals surface area contributed by atoms with Crippen LogP contribution < -0.4 is 0 Å². The molecule has 0 saturated carbocycles. The highest BCUT2D eigenvalue weighted by Gasteiger charge is 2.16. The molecule has 2 unspecified atom stereocenters. The Balaban J connectivity index is 1.85. The van der Waals surface area contributed by atoms with Gasteiger partial charge in [0.05, 0.1) is 6.10 Å². The minimum Gasteiger partial charge on any atom is -0.353 e. The summed E-state index contributed by atoms with van der Waals surface area (Å²) in [5.74, 6) is 0. The predicted octanol–water partition coefficient (Wildman–Crippen LogP) is 5.82. The lowest BCUT2D eigenvalue weighted by molar-refractivity contribution is -0.185. The van der Waals surface area contributed by atoms with E-state index in [1.807, 2.05) is 0 Å². The summed E-state index contributed by atoms with van der Waals surface area (Å²) < 4.78 is 11.5. The average molecular weight is 349 g/mol. The lowest BCUT2D eigenvalue weighted by Crippen LogP contribution is -2.26. The topological polar surface area (TPSA) is 18.5 Å². The molecule has 120 valence electrons. The lowest BCUT2D eigenvalue weighted by atomic mass is 10.1. The standard InChI is InChI=1S/C17H33BrO2/c1-15(18)11-7-5-3-4-6-8-12-16(2)20-17-13-9-10-14-19-17/h15-17H,3-14H2,1-2H3/t15?,16-,17?/m1/s1. The normalized spacial score (nSPS) is 22.6. The van der Waals surface area contributed by atoms with Crippen molar-refractivity contribution >= 4 is 15.9 Å². The monoisotopic (exact) mass is 348 g/mol. The second kappa shape index (κ2) is 12.0. The maximum absolute atomic E-state index is 5.94. The maximum Gasteiger partial charge on any atom is 0.157 e. The van der Waals surface area contributed by atoms with E-state index >= 15 is 0 Å². The Morgan fingerprint density at radius 3 is 2.25 bits per heavy atom. The zero-order valence-electron chi connectivity index (χ0n) is 13.4. The van der Waals surface area contributed by atoms with Gasteiger partial charge in [0.1, 0.15) is 0 Å². The van der Waals surface area contributed by atoms with Crippen LogP contribution in [0.5, 0.6) is 0 Å². The van der Waals surface area contributed by atoms with Crippen LogP contribution in [-0.2, 0) is 9.47 Å². The van der Waals surface area contributed by atoms with Gasteiger partial charge < -0.3 is 9.47 Å². The zero-order valence-corrected chi connectivity index (χ0v) is 15.0. The number of alkyl halides is 1. The smallest absolute Gasteiger partial charge is 0.157 e. The zero-order chi connectivity index (χ0) is 14.6. The molecule has 1 fully saturated rings. The van der Waals surface area contributed by atoms with Crippen LogP contribution in [0.2, 0.25) is 0 Å². The van der Waals surface area contributed by atoms with Crippen molar-refractivity contribution in [1.82, 2.24) is 0 Å². The first-order valence-corrected chi connectivity index (χ1v) is 9.51. The molecule has 0 aromatic heterocycles. The summed E-state index contributed by atoms with van der Waals surface area (Å²) in [6.07, 6.45) is 14.6. The molecule has 0 bridgehead atoms. The van der Waals surface area contributed by atoms with Gasteiger partial charge in [0, 0.05) is 11.4 Å². The largest absolute Gasteiger partial charge is 0.353 e. The fourth-order valence-electron chi connectivity index (χ4n) is 2.71. The predicted molar refractivity (Wildman–Crippen MR) is 89.5 cm³/mol. The molecule has 1 saturated heterocycles. The number of ether oxygens (including phenoxy) is 2. The minimum atomic E-state index is 0.0741. The molecule has 1 aliphatic rings. The fourth-order valence-corrected chi connectivity index (χ4v) is 3.03. The van der Waals surface area contributed by atoms with Crippen molar-refractivity contribution in [3.05, 3.63) is 0 Å². The summed E-state index contributed by atoms with van der Waals surface area (Å²) in [7, 11) is 0. The van der Waals surface area contributed by atoms with Gasteiger partial charge in [-0.3, -0.25) is 0 Å². The van der Waals surface area contributed by atoms with Gasteiger partial charge in [0.15, 0.2) is 6.29 Å². The Labute approximate surface area is 134 Å². The second-order valence-corrected chi connectivity index (χ2v) is 7.79. The van der Waals surface area contributed by atoms with E-state index in [1.54, 1.807) is 0 Å². The maximum atomic E-state index is 5.94. The van der Waals surface area contributed by atoms with Crippen LogP contribution in [-0.4, -0.2) is 23.8 Å². The molecule has 1 aliphatic heterocycles. The van der Waals surface area contributed by atoms with Gasteiger partial charge in [-0.1, -0.05) is 61.4 Å². The number of hydrogen-bond donors (Lipinski definition) is 0. The first-order chi connectivity index (χ1) is 9.68. The van der Waals surface area contributed by atoms with Crippen molar-refractivity contribution < 1.29 is 9.47 Å². The van der Waals surface area contributed by atoms with Crippen LogP contribution in [0.25, 0.3) is 0 Å². The van der Waals surface area contributed by atoms with Crippen LogP contribution in [0.15, 0.2) is 0 Å². The Morgan fingerprint density at radius 2 is 1.65 bits per heavy atom. The van der Waals surface area contributed by atoms with Gasteiger partial charge in [-0.2, -0.15) is 0 Å². The molecule has 20 heavy (non-hydrogen) atoms. The summed E-state index contributed by atoms with van der Waals surface area (Å²) in [4.78, 5) is 0.683. The van der Waals surface area contributed by atoms with Gasteiger partial charge in [-0.15, -0.1) is 0 Å². The lowest BCUT2D eigenvalue weighted by Gasteiger charge is -2.26. The van der Waals surface area contributed by atoms with Gasteiger partial charge in [-0.25, -0.2) is 0 Å². The van der Waals surface area contributed by atoms with Crippen molar-refractivity contribution in [2.75, 3.05) is 6.61 Å². The first-order valence-electron chi connectivity index (χ1n) is 8.59. The van der Waals surface area contributed by atoms with Gasteiger partial charge in [0.2, 0.25) is 0 Å². The molecular formula is C17H33BrO2. The quantitative estimate of drug-likeness (QED) is 0.345. The third kappa shape index (κ3) is 10.2. The van der Waals surface area contributed by atoms with E-state index in [-0.39, 0.29) is 6.29 Å². The van der Waals surface area contributed by atoms with Crippen LogP contribution in [0, 0.1) is 0 Å². The third-order valence-electron chi connectivity index (χ3n) is 3.98. The molecule has 0 spiro atoms. The van der Waals surface area contributed by atoms with E-state index in [9.17, 15) is 0 Å². The van der Waals surface area contributed by atoms with Gasteiger partial charge in [0.25, 0.3) is 0 Å². The van der Waals surface area contributed by atoms with Gasteiger partial charge in [-0.05, 0) is 39.0 Å². The molecule has 0 aromatic carbocycles. The molecule has 3 heteroatoms. The first kappa shape index (κ1) is 18.4. The van der Waals surface area contributed by atoms with Crippen molar-refractivity contribution in [3.8, 4) is 0 Å². The summed E-state index contributed by atoms with van der Waals surface area (Å²) in [6, 6.07) is 0. The Morgan fingerprint density at radius 1 is 1.00 bits per heavy atom. The Kier molecular flexibility index (Phi) is 11.1. The number of unbranched alkanes of at least 4 members (excludes halogenated alkanes) is 5. The molecule has 0 aliphatic carbocycles. The van der Waals surface area contributed by atoms with E-state index in [1.165, 1.54) is 64.2 Å². The van der Waals surface area contributed by atoms with Crippen LogP contribution >= 0.6 is 15.9 Å². The van der Waals surface area contributed by atoms with E-state index in [4.69, 9.17) is 9.47 Å². The molecule has 0 amide bonds. The fraction of sp³-hybridized carbons (Fsp3) is 1.00. The van der Waals surface area contributed by atoms with Gasteiger partial charge >= 0.3 is 0 Å². The third-order valence-corrected chi connectivity index (χ3v) is 4.44. The number of rotatable bonds is 11. The highest BCUT2D eigenvalue weighted by Crippen LogP contribution is 2.18. The molecule has 0 N–H and O–H groups in total. The molecule has 0 radical (unpaired) electrons. The molecule has 3 atom stereocenters. The van der Waals surface area contributed by atoms with Crippen LogP contribution in [0.3, 0.4) is 0 Å². The number of hydrogen-bond acceptors (Lipinski definition) is 2. The SMILES string of the molecule is CC(Br)CCCCCCCC[C@@H](C)OC1CCCCO1. The average Bonchev–Trinajstić information content (AvgIpc) is 2.42. The van der Waals surface area contributed by atoms with E-state index < -0.39 is 0 Å². The highest BCUT2D eigenvalue weighted by atomic mass is 79.9. The van der Waals surface area contributed by atoms with E-state index in [0.29, 0.717) is 10.9 Å². The van der Waals surface area contributed by atoms with Crippen molar-refractivity contribution in [2.45, 2.75) is 102 Å².